The van der Waals surface area contributed by atoms with E-state index in [1.165, 1.54) is 60.9 Å². The molecule has 34 heavy (non-hydrogen) atoms. The van der Waals surface area contributed by atoms with Gasteiger partial charge in [-0.2, -0.15) is 5.10 Å². The summed E-state index contributed by atoms with van der Waals surface area (Å²) in [5, 5.41) is 19.5. The first-order valence-corrected chi connectivity index (χ1v) is 10.4. The second-order valence-electron chi connectivity index (χ2n) is 7.51. The third-order valence-electron chi connectivity index (χ3n) is 5.21. The second kappa shape index (κ2) is 10.3. The molecule has 2 heterocycles. The van der Waals surface area contributed by atoms with E-state index in [4.69, 9.17) is 0 Å². The molecule has 2 aromatic heterocycles. The van der Waals surface area contributed by atoms with Crippen LogP contribution in [0.2, 0.25) is 0 Å². The number of hydrogen-bond donors (Lipinski definition) is 3. The Hall–Kier alpha value is -4.05. The number of halogens is 3. The number of benzene rings is 2. The number of amides is 1. The van der Waals surface area contributed by atoms with E-state index in [2.05, 4.69) is 25.5 Å². The minimum Gasteiger partial charge on any atom is -0.388 e. The van der Waals surface area contributed by atoms with Gasteiger partial charge in [-0.15, -0.1) is 0 Å². The zero-order valence-electron chi connectivity index (χ0n) is 17.8. The van der Waals surface area contributed by atoms with Crippen LogP contribution in [0, 0.1) is 11.6 Å². The van der Waals surface area contributed by atoms with Crippen molar-refractivity contribution < 1.29 is 23.1 Å². The van der Waals surface area contributed by atoms with Gasteiger partial charge in [-0.25, -0.2) is 23.1 Å². The Kier molecular flexibility index (Phi) is 6.98. The van der Waals surface area contributed by atoms with Gasteiger partial charge in [0.25, 0.3) is 5.91 Å². The summed E-state index contributed by atoms with van der Waals surface area (Å²) in [6.07, 6.45) is 1.44. The Morgan fingerprint density at radius 2 is 1.79 bits per heavy atom. The molecule has 1 amide bonds. The molecule has 0 bridgehead atoms. The van der Waals surface area contributed by atoms with Crippen molar-refractivity contribution in [2.75, 3.05) is 6.67 Å². The van der Waals surface area contributed by atoms with E-state index >= 15 is 0 Å². The molecule has 0 unspecified atom stereocenters. The summed E-state index contributed by atoms with van der Waals surface area (Å²) in [6, 6.07) is 11.7. The molecule has 0 fully saturated rings. The van der Waals surface area contributed by atoms with E-state index in [1.54, 1.807) is 6.07 Å². The van der Waals surface area contributed by atoms with Gasteiger partial charge in [0.05, 0.1) is 23.0 Å². The molecule has 0 saturated carbocycles. The summed E-state index contributed by atoms with van der Waals surface area (Å²) < 4.78 is 41.3. The van der Waals surface area contributed by atoms with E-state index in [0.717, 1.165) is 0 Å². The standard InChI is InChI=1S/C24H20F3N5O2/c25-13-21(33)19(12-22-28-9-2-10-29-22)30-24(34)16-3-1-4-17(27)23(16)20-11-18(31-32-20)14-5-7-15(26)8-6-14/h1-11,19,21,33H,12-13H2,(H,30,34)(H,31,32)/t19-,21+/m1/s1. The fourth-order valence-electron chi connectivity index (χ4n) is 3.47. The van der Waals surface area contributed by atoms with E-state index in [-0.39, 0.29) is 23.2 Å². The lowest BCUT2D eigenvalue weighted by Crippen LogP contribution is -2.46. The van der Waals surface area contributed by atoms with Gasteiger partial charge in [0.1, 0.15) is 30.2 Å². The lowest BCUT2D eigenvalue weighted by atomic mass is 10.0. The van der Waals surface area contributed by atoms with Gasteiger partial charge < -0.3 is 10.4 Å². The quantitative estimate of drug-likeness (QED) is 0.368. The Bertz CT molecular complexity index is 1270. The molecule has 174 valence electrons. The van der Waals surface area contributed by atoms with E-state index in [0.29, 0.717) is 17.1 Å². The smallest absolute Gasteiger partial charge is 0.252 e. The molecular weight excluding hydrogens is 447 g/mol. The fourth-order valence-corrected chi connectivity index (χ4v) is 3.47. The van der Waals surface area contributed by atoms with Crippen LogP contribution in [-0.4, -0.2) is 50.0 Å². The summed E-state index contributed by atoms with van der Waals surface area (Å²) in [5.41, 5.74) is 1.15. The zero-order valence-corrected chi connectivity index (χ0v) is 17.8. The van der Waals surface area contributed by atoms with Crippen molar-refractivity contribution >= 4 is 5.91 Å². The van der Waals surface area contributed by atoms with Gasteiger partial charge in [-0.05, 0) is 48.5 Å². The number of rotatable bonds is 8. The number of carbonyl (C=O) groups excluding carboxylic acids is 1. The molecule has 0 aliphatic heterocycles. The monoisotopic (exact) mass is 467 g/mol. The highest BCUT2D eigenvalue weighted by molar-refractivity contribution is 6.01. The van der Waals surface area contributed by atoms with Crippen molar-refractivity contribution in [2.24, 2.45) is 0 Å². The minimum atomic E-state index is -1.51. The van der Waals surface area contributed by atoms with Crippen LogP contribution in [0.4, 0.5) is 13.2 Å². The number of hydrogen-bond acceptors (Lipinski definition) is 5. The number of carbonyl (C=O) groups is 1. The third kappa shape index (κ3) is 5.12. The zero-order chi connectivity index (χ0) is 24.1. The van der Waals surface area contributed by atoms with Gasteiger partial charge in [-0.1, -0.05) is 6.07 Å². The third-order valence-corrected chi connectivity index (χ3v) is 5.21. The largest absolute Gasteiger partial charge is 0.388 e. The van der Waals surface area contributed by atoms with Crippen LogP contribution in [-0.2, 0) is 6.42 Å². The van der Waals surface area contributed by atoms with Crippen molar-refractivity contribution in [2.45, 2.75) is 18.6 Å². The number of H-pyrrole nitrogens is 1. The van der Waals surface area contributed by atoms with E-state index in [1.807, 2.05) is 0 Å². The van der Waals surface area contributed by atoms with Crippen LogP contribution >= 0.6 is 0 Å². The summed E-state index contributed by atoms with van der Waals surface area (Å²) in [6.45, 7) is -1.10. The van der Waals surface area contributed by atoms with Gasteiger partial charge in [0.2, 0.25) is 0 Å². The van der Waals surface area contributed by atoms with Gasteiger partial charge in [0, 0.05) is 29.9 Å². The summed E-state index contributed by atoms with van der Waals surface area (Å²) in [7, 11) is 0. The summed E-state index contributed by atoms with van der Waals surface area (Å²) >= 11 is 0. The summed E-state index contributed by atoms with van der Waals surface area (Å²) in [4.78, 5) is 21.2. The molecule has 0 saturated heterocycles. The molecular formula is C24H20F3N5O2. The normalized spacial score (nSPS) is 12.8. The molecule has 2 atom stereocenters. The number of nitrogens with zero attached hydrogens (tertiary/aromatic N) is 3. The number of aromatic amines is 1. The molecule has 3 N–H and O–H groups in total. The number of alkyl halides is 1. The lowest BCUT2D eigenvalue weighted by Gasteiger charge is -2.22. The highest BCUT2D eigenvalue weighted by Gasteiger charge is 2.26. The predicted octanol–water partition coefficient (Wildman–Crippen LogP) is 3.48. The van der Waals surface area contributed by atoms with Gasteiger partial charge in [0.15, 0.2) is 0 Å². The number of aliphatic hydroxyl groups is 1. The van der Waals surface area contributed by atoms with Crippen LogP contribution in [0.25, 0.3) is 22.5 Å². The summed E-state index contributed by atoms with van der Waals surface area (Å²) in [5.74, 6) is -1.51. The fraction of sp³-hybridized carbons (Fsp3) is 0.167. The molecule has 7 nitrogen and oxygen atoms in total. The van der Waals surface area contributed by atoms with Crippen LogP contribution < -0.4 is 5.32 Å². The van der Waals surface area contributed by atoms with Crippen molar-refractivity contribution in [3.63, 3.8) is 0 Å². The SMILES string of the molecule is O=C(N[C@H](Cc1ncccn1)[C@@H](O)CF)c1cccc(F)c1-c1cc(-c2ccc(F)cc2)n[nH]1. The molecule has 4 rings (SSSR count). The highest BCUT2D eigenvalue weighted by atomic mass is 19.1. The first kappa shape index (κ1) is 23.1. The Labute approximate surface area is 192 Å². The lowest BCUT2D eigenvalue weighted by molar-refractivity contribution is 0.0759. The van der Waals surface area contributed by atoms with Crippen LogP contribution in [0.5, 0.6) is 0 Å². The maximum absolute atomic E-state index is 14.9. The first-order valence-electron chi connectivity index (χ1n) is 10.4. The topological polar surface area (TPSA) is 104 Å². The highest BCUT2D eigenvalue weighted by Crippen LogP contribution is 2.29. The maximum atomic E-state index is 14.9. The Morgan fingerprint density at radius 1 is 1.06 bits per heavy atom. The molecule has 0 radical (unpaired) electrons. The molecule has 0 aliphatic carbocycles. The molecule has 0 aliphatic rings. The average Bonchev–Trinajstić information content (AvgIpc) is 3.33. The predicted molar refractivity (Wildman–Crippen MR) is 118 cm³/mol. The van der Waals surface area contributed by atoms with Crippen LogP contribution in [0.15, 0.2) is 67.0 Å². The van der Waals surface area contributed by atoms with Crippen LogP contribution in [0.3, 0.4) is 0 Å². The van der Waals surface area contributed by atoms with Crippen LogP contribution in [0.1, 0.15) is 16.2 Å². The molecule has 4 aromatic rings. The van der Waals surface area contributed by atoms with Crippen molar-refractivity contribution in [3.05, 3.63) is 90.0 Å². The van der Waals surface area contributed by atoms with Crippen molar-refractivity contribution in [1.29, 1.82) is 0 Å². The average molecular weight is 467 g/mol. The maximum Gasteiger partial charge on any atom is 0.252 e. The number of aliphatic hydroxyl groups excluding tert-OH is 1. The first-order chi connectivity index (χ1) is 16.5. The van der Waals surface area contributed by atoms with Crippen molar-refractivity contribution in [3.8, 4) is 22.5 Å². The molecule has 0 spiro atoms. The van der Waals surface area contributed by atoms with E-state index < -0.39 is 36.4 Å². The second-order valence-corrected chi connectivity index (χ2v) is 7.51. The van der Waals surface area contributed by atoms with Crippen molar-refractivity contribution in [1.82, 2.24) is 25.5 Å². The van der Waals surface area contributed by atoms with Gasteiger partial charge >= 0.3 is 0 Å². The minimum absolute atomic E-state index is 0.0267. The molecule has 2 aromatic carbocycles. The van der Waals surface area contributed by atoms with Gasteiger partial charge in [-0.3, -0.25) is 9.89 Å². The van der Waals surface area contributed by atoms with E-state index in [9.17, 15) is 23.1 Å². The Balaban J connectivity index is 1.63. The Morgan fingerprint density at radius 3 is 2.50 bits per heavy atom. The molecule has 10 heteroatoms. The number of aromatic nitrogens is 4. The number of nitrogens with one attached hydrogen (secondary N) is 2.